The van der Waals surface area contributed by atoms with E-state index in [0.717, 1.165) is 12.2 Å². The van der Waals surface area contributed by atoms with E-state index in [1.807, 2.05) is 19.1 Å². The second-order valence-corrected chi connectivity index (χ2v) is 6.65. The molecule has 0 spiro atoms. The van der Waals surface area contributed by atoms with Crippen molar-refractivity contribution in [1.29, 1.82) is 0 Å². The number of nitrogens with zero attached hydrogens (tertiary/aromatic N) is 1. The summed E-state index contributed by atoms with van der Waals surface area (Å²) in [5.41, 5.74) is 0.978. The van der Waals surface area contributed by atoms with Crippen LogP contribution in [0.1, 0.15) is 31.4 Å². The van der Waals surface area contributed by atoms with E-state index >= 15 is 0 Å². The van der Waals surface area contributed by atoms with Crippen molar-refractivity contribution in [3.05, 3.63) is 46.9 Å². The summed E-state index contributed by atoms with van der Waals surface area (Å²) in [4.78, 5) is 25.8. The SMILES string of the molecule is CCc1ccc(C2COCCN2C(=O)Nc2ccc(Cl)c(NC(C)=O)c2)o1. The quantitative estimate of drug-likeness (QED) is 0.823. The number of furan rings is 1. The number of carbonyl (C=O) groups is 2. The summed E-state index contributed by atoms with van der Waals surface area (Å²) in [6.45, 7) is 4.70. The highest BCUT2D eigenvalue weighted by Crippen LogP contribution is 2.29. The number of carbonyl (C=O) groups excluding carboxylic acids is 2. The summed E-state index contributed by atoms with van der Waals surface area (Å²) in [6.07, 6.45) is 0.788. The van der Waals surface area contributed by atoms with Gasteiger partial charge < -0.3 is 24.7 Å². The molecule has 1 aromatic heterocycles. The van der Waals surface area contributed by atoms with E-state index in [4.69, 9.17) is 20.8 Å². The number of amides is 3. The number of rotatable bonds is 4. The average Bonchev–Trinajstić information content (AvgIpc) is 3.13. The van der Waals surface area contributed by atoms with Gasteiger partial charge in [-0.05, 0) is 30.3 Å². The molecule has 3 amide bonds. The molecule has 2 heterocycles. The topological polar surface area (TPSA) is 83.8 Å². The number of morpholine rings is 1. The standard InChI is InChI=1S/C19H22ClN3O4/c1-3-14-5-7-18(27-14)17-11-26-9-8-23(17)19(25)22-13-4-6-15(20)16(10-13)21-12(2)24/h4-7,10,17H,3,8-9,11H2,1-2H3,(H,21,24)(H,22,25). The first kappa shape index (κ1) is 19.3. The zero-order valence-corrected chi connectivity index (χ0v) is 16.0. The van der Waals surface area contributed by atoms with E-state index in [1.165, 1.54) is 6.92 Å². The maximum absolute atomic E-state index is 12.8. The molecule has 2 aromatic rings. The molecule has 8 heteroatoms. The lowest BCUT2D eigenvalue weighted by Gasteiger charge is -2.34. The van der Waals surface area contributed by atoms with Crippen molar-refractivity contribution in [2.75, 3.05) is 30.4 Å². The number of benzene rings is 1. The first-order chi connectivity index (χ1) is 13.0. The largest absolute Gasteiger partial charge is 0.464 e. The number of anilines is 2. The van der Waals surface area contributed by atoms with Crippen molar-refractivity contribution < 1.29 is 18.7 Å². The number of halogens is 1. The maximum Gasteiger partial charge on any atom is 0.322 e. The number of urea groups is 1. The lowest BCUT2D eigenvalue weighted by atomic mass is 10.2. The van der Waals surface area contributed by atoms with Crippen molar-refractivity contribution in [2.24, 2.45) is 0 Å². The first-order valence-electron chi connectivity index (χ1n) is 8.79. The van der Waals surface area contributed by atoms with Crippen molar-refractivity contribution in [2.45, 2.75) is 26.3 Å². The van der Waals surface area contributed by atoms with Crippen LogP contribution in [0.2, 0.25) is 5.02 Å². The van der Waals surface area contributed by atoms with Crippen molar-refractivity contribution in [3.63, 3.8) is 0 Å². The van der Waals surface area contributed by atoms with Gasteiger partial charge >= 0.3 is 6.03 Å². The number of aryl methyl sites for hydroxylation is 1. The van der Waals surface area contributed by atoms with Crippen LogP contribution in [0.15, 0.2) is 34.7 Å². The molecule has 2 N–H and O–H groups in total. The normalized spacial score (nSPS) is 16.9. The van der Waals surface area contributed by atoms with E-state index < -0.39 is 0 Å². The Morgan fingerprint density at radius 2 is 2.07 bits per heavy atom. The fourth-order valence-electron chi connectivity index (χ4n) is 2.93. The predicted molar refractivity (Wildman–Crippen MR) is 103 cm³/mol. The molecule has 27 heavy (non-hydrogen) atoms. The molecule has 1 fully saturated rings. The van der Waals surface area contributed by atoms with Crippen LogP contribution in [0.3, 0.4) is 0 Å². The summed E-state index contributed by atoms with van der Waals surface area (Å²) in [6, 6.07) is 8.17. The van der Waals surface area contributed by atoms with Gasteiger partial charge in [-0.1, -0.05) is 18.5 Å². The summed E-state index contributed by atoms with van der Waals surface area (Å²) in [5, 5.41) is 5.89. The Labute approximate surface area is 162 Å². The third kappa shape index (κ3) is 4.61. The first-order valence-corrected chi connectivity index (χ1v) is 9.17. The third-order valence-electron chi connectivity index (χ3n) is 4.28. The summed E-state index contributed by atoms with van der Waals surface area (Å²) < 4.78 is 11.4. The van der Waals surface area contributed by atoms with E-state index in [-0.39, 0.29) is 18.0 Å². The fraction of sp³-hybridized carbons (Fsp3) is 0.368. The highest BCUT2D eigenvalue weighted by atomic mass is 35.5. The van der Waals surface area contributed by atoms with Crippen LogP contribution in [-0.2, 0) is 16.0 Å². The molecular formula is C19H22ClN3O4. The molecule has 1 unspecified atom stereocenters. The highest BCUT2D eigenvalue weighted by Gasteiger charge is 2.31. The Balaban J connectivity index is 1.76. The van der Waals surface area contributed by atoms with E-state index in [1.54, 1.807) is 23.1 Å². The molecule has 1 atom stereocenters. The number of hydrogen-bond acceptors (Lipinski definition) is 4. The van der Waals surface area contributed by atoms with Gasteiger partial charge in [-0.15, -0.1) is 0 Å². The lowest BCUT2D eigenvalue weighted by Crippen LogP contribution is -2.45. The Bertz CT molecular complexity index is 836. The van der Waals surface area contributed by atoms with Crippen LogP contribution in [0.25, 0.3) is 0 Å². The second kappa shape index (κ2) is 8.45. The third-order valence-corrected chi connectivity index (χ3v) is 4.61. The molecule has 3 rings (SSSR count). The molecule has 1 aliphatic heterocycles. The highest BCUT2D eigenvalue weighted by molar-refractivity contribution is 6.33. The summed E-state index contributed by atoms with van der Waals surface area (Å²) in [7, 11) is 0. The van der Waals surface area contributed by atoms with Crippen LogP contribution < -0.4 is 10.6 Å². The minimum Gasteiger partial charge on any atom is -0.464 e. The van der Waals surface area contributed by atoms with Crippen molar-refractivity contribution >= 4 is 34.9 Å². The molecule has 7 nitrogen and oxygen atoms in total. The van der Waals surface area contributed by atoms with Gasteiger partial charge in [0.1, 0.15) is 17.6 Å². The van der Waals surface area contributed by atoms with Gasteiger partial charge in [0.15, 0.2) is 0 Å². The predicted octanol–water partition coefficient (Wildman–Crippen LogP) is 4.06. The number of nitrogens with one attached hydrogen (secondary N) is 2. The second-order valence-electron chi connectivity index (χ2n) is 6.25. The van der Waals surface area contributed by atoms with Gasteiger partial charge in [-0.2, -0.15) is 0 Å². The van der Waals surface area contributed by atoms with Gasteiger partial charge in [0, 0.05) is 25.6 Å². The molecule has 0 radical (unpaired) electrons. The van der Waals surface area contributed by atoms with E-state index in [0.29, 0.717) is 41.9 Å². The van der Waals surface area contributed by atoms with Crippen molar-refractivity contribution in [1.82, 2.24) is 4.90 Å². The molecule has 1 aliphatic rings. The molecule has 0 aliphatic carbocycles. The molecule has 0 bridgehead atoms. The lowest BCUT2D eigenvalue weighted by molar-refractivity contribution is -0.114. The monoisotopic (exact) mass is 391 g/mol. The minimum atomic E-state index is -0.291. The molecule has 144 valence electrons. The van der Waals surface area contributed by atoms with Gasteiger partial charge in [0.2, 0.25) is 5.91 Å². The van der Waals surface area contributed by atoms with Gasteiger partial charge in [0.25, 0.3) is 0 Å². The Hall–Kier alpha value is -2.51. The number of hydrogen-bond donors (Lipinski definition) is 2. The summed E-state index contributed by atoms with van der Waals surface area (Å²) in [5.74, 6) is 1.34. The molecule has 0 saturated carbocycles. The van der Waals surface area contributed by atoms with Gasteiger partial charge in [-0.25, -0.2) is 4.79 Å². The van der Waals surface area contributed by atoms with Crippen LogP contribution in [0.5, 0.6) is 0 Å². The van der Waals surface area contributed by atoms with Crippen LogP contribution >= 0.6 is 11.6 Å². The fourth-order valence-corrected chi connectivity index (χ4v) is 3.09. The van der Waals surface area contributed by atoms with Gasteiger partial charge in [-0.3, -0.25) is 4.79 Å². The molecule has 1 aromatic carbocycles. The minimum absolute atomic E-state index is 0.238. The maximum atomic E-state index is 12.8. The Morgan fingerprint density at radius 3 is 2.78 bits per heavy atom. The molecule has 1 saturated heterocycles. The zero-order chi connectivity index (χ0) is 19.4. The average molecular weight is 392 g/mol. The van der Waals surface area contributed by atoms with E-state index in [9.17, 15) is 9.59 Å². The van der Waals surface area contributed by atoms with Crippen molar-refractivity contribution in [3.8, 4) is 0 Å². The molecular weight excluding hydrogens is 370 g/mol. The van der Waals surface area contributed by atoms with Crippen LogP contribution in [0.4, 0.5) is 16.2 Å². The van der Waals surface area contributed by atoms with E-state index in [2.05, 4.69) is 10.6 Å². The number of ether oxygens (including phenoxy) is 1. The Kier molecular flexibility index (Phi) is 6.03. The summed E-state index contributed by atoms with van der Waals surface area (Å²) >= 11 is 6.08. The van der Waals surface area contributed by atoms with Gasteiger partial charge in [0.05, 0.1) is 23.9 Å². The Morgan fingerprint density at radius 1 is 1.26 bits per heavy atom. The smallest absolute Gasteiger partial charge is 0.322 e. The van der Waals surface area contributed by atoms with Crippen LogP contribution in [0, 0.1) is 0 Å². The zero-order valence-electron chi connectivity index (χ0n) is 15.3. The van der Waals surface area contributed by atoms with Crippen LogP contribution in [-0.4, -0.2) is 36.6 Å².